The van der Waals surface area contributed by atoms with Gasteiger partial charge >= 0.3 is 0 Å². The van der Waals surface area contributed by atoms with Gasteiger partial charge in [0.15, 0.2) is 5.78 Å². The summed E-state index contributed by atoms with van der Waals surface area (Å²) >= 11 is 0. The maximum Gasteiger partial charge on any atom is 0.166 e. The summed E-state index contributed by atoms with van der Waals surface area (Å²) in [7, 11) is 0. The Morgan fingerprint density at radius 2 is 2.06 bits per heavy atom. The third kappa shape index (κ3) is 1.36. The largest absolute Gasteiger partial charge is 0.464 e. The molecule has 0 bridgehead atoms. The Hall–Kier alpha value is -1.57. The van der Waals surface area contributed by atoms with Gasteiger partial charge < -0.3 is 4.42 Å². The fourth-order valence-electron chi connectivity index (χ4n) is 2.85. The third-order valence-electron chi connectivity index (χ3n) is 3.90. The van der Waals surface area contributed by atoms with Crippen LogP contribution in [0.2, 0.25) is 0 Å². The summed E-state index contributed by atoms with van der Waals surface area (Å²) in [5.74, 6) is 0.422. The molecule has 0 saturated heterocycles. The van der Waals surface area contributed by atoms with Crippen molar-refractivity contribution in [2.75, 3.05) is 0 Å². The van der Waals surface area contributed by atoms with Crippen molar-refractivity contribution in [1.82, 2.24) is 0 Å². The van der Waals surface area contributed by atoms with Gasteiger partial charge in [-0.1, -0.05) is 6.92 Å². The minimum absolute atomic E-state index is 0.141. The molecule has 0 aliphatic heterocycles. The van der Waals surface area contributed by atoms with Gasteiger partial charge in [0.2, 0.25) is 0 Å². The SMILES string of the molecule is Cc1cc2occ(C)c2c2c1CC[C@@H](C)C2=O. The van der Waals surface area contributed by atoms with E-state index in [4.69, 9.17) is 4.42 Å². The average Bonchev–Trinajstić information content (AvgIpc) is 2.65. The normalized spacial score (nSPS) is 19.7. The minimum Gasteiger partial charge on any atom is -0.464 e. The second-order valence-corrected chi connectivity index (χ2v) is 5.14. The van der Waals surface area contributed by atoms with Crippen molar-refractivity contribution in [3.63, 3.8) is 0 Å². The number of benzene rings is 1. The Labute approximate surface area is 101 Å². The Morgan fingerprint density at radius 3 is 2.82 bits per heavy atom. The van der Waals surface area contributed by atoms with E-state index in [0.717, 1.165) is 34.9 Å². The van der Waals surface area contributed by atoms with Crippen LogP contribution < -0.4 is 0 Å². The van der Waals surface area contributed by atoms with E-state index in [1.807, 2.05) is 13.8 Å². The highest BCUT2D eigenvalue weighted by atomic mass is 16.3. The highest BCUT2D eigenvalue weighted by molar-refractivity contribution is 6.11. The van der Waals surface area contributed by atoms with Crippen LogP contribution >= 0.6 is 0 Å². The molecule has 0 spiro atoms. The number of ketones is 1. The van der Waals surface area contributed by atoms with Gasteiger partial charge in [0.25, 0.3) is 0 Å². The number of hydrogen-bond donors (Lipinski definition) is 0. The molecule has 17 heavy (non-hydrogen) atoms. The first-order valence-corrected chi connectivity index (χ1v) is 6.14. The quantitative estimate of drug-likeness (QED) is 0.686. The smallest absolute Gasteiger partial charge is 0.166 e. The zero-order valence-corrected chi connectivity index (χ0v) is 10.5. The number of fused-ring (bicyclic) bond motifs is 3. The number of carbonyl (C=O) groups excluding carboxylic acids is 1. The molecule has 88 valence electrons. The van der Waals surface area contributed by atoms with Gasteiger partial charge in [0, 0.05) is 16.9 Å². The van der Waals surface area contributed by atoms with Gasteiger partial charge in [0.05, 0.1) is 6.26 Å². The van der Waals surface area contributed by atoms with Crippen LogP contribution in [-0.2, 0) is 6.42 Å². The Kier molecular flexibility index (Phi) is 2.15. The van der Waals surface area contributed by atoms with Gasteiger partial charge in [0.1, 0.15) is 5.58 Å². The maximum absolute atomic E-state index is 12.4. The number of rotatable bonds is 0. The summed E-state index contributed by atoms with van der Waals surface area (Å²) in [6.45, 7) is 6.10. The van der Waals surface area contributed by atoms with Crippen molar-refractivity contribution in [3.8, 4) is 0 Å². The highest BCUT2D eigenvalue weighted by Gasteiger charge is 2.28. The first-order valence-electron chi connectivity index (χ1n) is 6.14. The van der Waals surface area contributed by atoms with E-state index in [1.54, 1.807) is 6.26 Å². The van der Waals surface area contributed by atoms with Crippen molar-refractivity contribution >= 4 is 16.8 Å². The average molecular weight is 228 g/mol. The molecule has 2 nitrogen and oxygen atoms in total. The van der Waals surface area contributed by atoms with Crippen LogP contribution in [-0.4, -0.2) is 5.78 Å². The number of hydrogen-bond acceptors (Lipinski definition) is 2. The molecular formula is C15H16O2. The van der Waals surface area contributed by atoms with Gasteiger partial charge in [-0.25, -0.2) is 0 Å². The molecule has 2 heteroatoms. The molecule has 2 aromatic rings. The molecule has 1 aliphatic rings. The second-order valence-electron chi connectivity index (χ2n) is 5.14. The number of furan rings is 1. The summed E-state index contributed by atoms with van der Waals surface area (Å²) in [5.41, 5.74) is 5.25. The molecule has 1 heterocycles. The molecule has 0 radical (unpaired) electrons. The molecule has 0 fully saturated rings. The van der Waals surface area contributed by atoms with Crippen LogP contribution in [0, 0.1) is 19.8 Å². The lowest BCUT2D eigenvalue weighted by Gasteiger charge is -2.22. The lowest BCUT2D eigenvalue weighted by molar-refractivity contribution is 0.0915. The summed E-state index contributed by atoms with van der Waals surface area (Å²) in [6, 6.07) is 2.06. The van der Waals surface area contributed by atoms with Crippen molar-refractivity contribution in [2.45, 2.75) is 33.6 Å². The fourth-order valence-corrected chi connectivity index (χ4v) is 2.85. The topological polar surface area (TPSA) is 30.2 Å². The van der Waals surface area contributed by atoms with Crippen LogP contribution in [0.4, 0.5) is 0 Å². The van der Waals surface area contributed by atoms with Crippen molar-refractivity contribution in [2.24, 2.45) is 5.92 Å². The highest BCUT2D eigenvalue weighted by Crippen LogP contribution is 2.36. The Bertz CT molecular complexity index is 619. The van der Waals surface area contributed by atoms with Gasteiger partial charge in [-0.05, 0) is 49.4 Å². The first-order chi connectivity index (χ1) is 8.09. The van der Waals surface area contributed by atoms with E-state index >= 15 is 0 Å². The number of carbonyl (C=O) groups is 1. The monoisotopic (exact) mass is 228 g/mol. The molecule has 1 aliphatic carbocycles. The van der Waals surface area contributed by atoms with Gasteiger partial charge in [-0.3, -0.25) is 4.79 Å². The van der Waals surface area contributed by atoms with Gasteiger partial charge in [-0.15, -0.1) is 0 Å². The van der Waals surface area contributed by atoms with Crippen LogP contribution in [0.3, 0.4) is 0 Å². The van der Waals surface area contributed by atoms with E-state index < -0.39 is 0 Å². The minimum atomic E-state index is 0.141. The molecule has 1 aromatic carbocycles. The van der Waals surface area contributed by atoms with Crippen molar-refractivity contribution < 1.29 is 9.21 Å². The molecule has 0 unspecified atom stereocenters. The molecule has 3 rings (SSSR count). The summed E-state index contributed by atoms with van der Waals surface area (Å²) in [6.07, 6.45) is 3.72. The first kappa shape index (κ1) is 10.6. The lowest BCUT2D eigenvalue weighted by Crippen LogP contribution is -2.21. The van der Waals surface area contributed by atoms with E-state index in [0.29, 0.717) is 0 Å². The molecule has 1 aromatic heterocycles. The summed E-state index contributed by atoms with van der Waals surface area (Å²) in [5, 5.41) is 1.03. The van der Waals surface area contributed by atoms with Crippen molar-refractivity contribution in [3.05, 3.63) is 34.6 Å². The zero-order valence-electron chi connectivity index (χ0n) is 10.5. The molecule has 0 saturated carbocycles. The summed E-state index contributed by atoms with van der Waals surface area (Å²) < 4.78 is 5.53. The predicted molar refractivity (Wildman–Crippen MR) is 67.5 cm³/mol. The molecule has 0 N–H and O–H groups in total. The predicted octanol–water partition coefficient (Wildman–Crippen LogP) is 3.81. The molecule has 1 atom stereocenters. The number of Topliss-reactive ketones (excluding diaryl/α,β-unsaturated/α-hetero) is 1. The standard InChI is InChI=1S/C15H16O2/c1-8-4-5-11-9(2)6-12-13(10(3)7-17-12)14(11)15(8)16/h6-8H,4-5H2,1-3H3/t8-/m1/s1. The summed E-state index contributed by atoms with van der Waals surface area (Å²) in [4.78, 5) is 12.4. The van der Waals surface area contributed by atoms with Crippen molar-refractivity contribution in [1.29, 1.82) is 0 Å². The van der Waals surface area contributed by atoms with E-state index in [2.05, 4.69) is 13.0 Å². The van der Waals surface area contributed by atoms with E-state index in [1.165, 1.54) is 11.1 Å². The van der Waals surface area contributed by atoms with Crippen LogP contribution in [0.5, 0.6) is 0 Å². The number of aryl methyl sites for hydroxylation is 2. The Balaban J connectivity index is 2.44. The molecular weight excluding hydrogens is 212 g/mol. The van der Waals surface area contributed by atoms with Gasteiger partial charge in [-0.2, -0.15) is 0 Å². The van der Waals surface area contributed by atoms with E-state index in [-0.39, 0.29) is 11.7 Å². The second kappa shape index (κ2) is 3.46. The van der Waals surface area contributed by atoms with Crippen LogP contribution in [0.15, 0.2) is 16.7 Å². The lowest BCUT2D eigenvalue weighted by atomic mass is 9.80. The maximum atomic E-state index is 12.4. The van der Waals surface area contributed by atoms with Crippen LogP contribution in [0.1, 0.15) is 40.4 Å². The zero-order chi connectivity index (χ0) is 12.2. The fraction of sp³-hybridized carbons (Fsp3) is 0.400. The Morgan fingerprint density at radius 1 is 1.29 bits per heavy atom. The van der Waals surface area contributed by atoms with E-state index in [9.17, 15) is 4.79 Å². The molecule has 0 amide bonds. The van der Waals surface area contributed by atoms with Crippen LogP contribution in [0.25, 0.3) is 11.0 Å². The third-order valence-corrected chi connectivity index (χ3v) is 3.90.